The second kappa shape index (κ2) is 18.8. The molecule has 0 bridgehead atoms. The summed E-state index contributed by atoms with van der Waals surface area (Å²) in [4.78, 5) is 20.7. The number of hydrogen-bond donors (Lipinski definition) is 0. The number of carbonyl (C=O) groups excluding carboxylic acids is 1. The molecule has 10 heteroatoms. The number of nitrogens with zero attached hydrogens (tertiary/aromatic N) is 3. The quantitative estimate of drug-likeness (QED) is 0.241. The predicted octanol–water partition coefficient (Wildman–Crippen LogP) is 5.68. The SMILES string of the molecule is CCN1CCOCCOCC=Nc2ccc(C)cc2OCCN(c2ccc(C=O)cc2OCCOC)CCOc2cc(C)ccc21. The zero-order chi connectivity index (χ0) is 32.6. The Labute approximate surface area is 272 Å². The number of fused-ring (bicyclic) bond motifs is 2. The van der Waals surface area contributed by atoms with Crippen molar-refractivity contribution in [1.82, 2.24) is 0 Å². The summed E-state index contributed by atoms with van der Waals surface area (Å²) in [6.45, 7) is 12.3. The van der Waals surface area contributed by atoms with Crippen LogP contribution in [-0.2, 0) is 14.2 Å². The van der Waals surface area contributed by atoms with Crippen molar-refractivity contribution in [3.05, 3.63) is 71.3 Å². The first kappa shape index (κ1) is 34.7. The highest BCUT2D eigenvalue weighted by atomic mass is 16.5. The van der Waals surface area contributed by atoms with Gasteiger partial charge in [0.25, 0.3) is 0 Å². The molecular formula is C36H47N3O7. The monoisotopic (exact) mass is 633 g/mol. The van der Waals surface area contributed by atoms with Gasteiger partial charge in [0.2, 0.25) is 0 Å². The molecule has 1 aliphatic rings. The first-order valence-electron chi connectivity index (χ1n) is 15.9. The van der Waals surface area contributed by atoms with Crippen LogP contribution in [0.5, 0.6) is 17.2 Å². The Morgan fingerprint density at radius 2 is 1.52 bits per heavy atom. The Morgan fingerprint density at radius 1 is 0.804 bits per heavy atom. The number of aldehydes is 1. The van der Waals surface area contributed by atoms with Gasteiger partial charge in [0.05, 0.1) is 57.5 Å². The number of aryl methyl sites for hydroxylation is 2. The molecule has 0 aliphatic carbocycles. The van der Waals surface area contributed by atoms with Crippen molar-refractivity contribution in [3.63, 3.8) is 0 Å². The van der Waals surface area contributed by atoms with Crippen molar-refractivity contribution < 1.29 is 33.2 Å². The maximum Gasteiger partial charge on any atom is 0.150 e. The summed E-state index contributed by atoms with van der Waals surface area (Å²) in [6.07, 6.45) is 2.57. The molecule has 0 saturated heterocycles. The van der Waals surface area contributed by atoms with Crippen molar-refractivity contribution in [2.45, 2.75) is 20.8 Å². The smallest absolute Gasteiger partial charge is 0.150 e. The van der Waals surface area contributed by atoms with Crippen LogP contribution in [0.15, 0.2) is 59.6 Å². The summed E-state index contributed by atoms with van der Waals surface area (Å²) in [7, 11) is 1.63. The van der Waals surface area contributed by atoms with E-state index in [2.05, 4.69) is 46.8 Å². The minimum absolute atomic E-state index is 0.351. The number of aliphatic imine (C=N–C) groups is 1. The van der Waals surface area contributed by atoms with Crippen LogP contribution in [0.4, 0.5) is 17.1 Å². The van der Waals surface area contributed by atoms with E-state index in [1.165, 1.54) is 0 Å². The molecule has 1 aliphatic heterocycles. The standard InChI is InChI=1S/C36H47N3O7/c1-5-38-13-17-43-22-21-42-16-12-37-31-9-6-28(2)24-34(31)44-18-14-39(15-19-45-35-25-29(3)7-10-32(35)38)33-11-8-30(27-40)26-36(33)46-23-20-41-4/h6-12,24-27H,5,13-23H2,1-4H3. The summed E-state index contributed by atoms with van der Waals surface area (Å²) in [5.74, 6) is 2.11. The summed E-state index contributed by atoms with van der Waals surface area (Å²) in [5.41, 5.74) is 5.32. The second-order valence-electron chi connectivity index (χ2n) is 10.9. The molecule has 0 N–H and O–H groups in total. The van der Waals surface area contributed by atoms with Gasteiger partial charge in [-0.1, -0.05) is 12.1 Å². The van der Waals surface area contributed by atoms with Gasteiger partial charge < -0.3 is 38.2 Å². The molecule has 248 valence electrons. The highest BCUT2D eigenvalue weighted by Crippen LogP contribution is 2.32. The molecule has 0 aromatic heterocycles. The molecule has 1 heterocycles. The van der Waals surface area contributed by atoms with Gasteiger partial charge in [0.15, 0.2) is 0 Å². The van der Waals surface area contributed by atoms with Gasteiger partial charge in [-0.15, -0.1) is 0 Å². The third-order valence-electron chi connectivity index (χ3n) is 7.50. The molecule has 3 aromatic carbocycles. The van der Waals surface area contributed by atoms with E-state index in [1.54, 1.807) is 25.5 Å². The minimum Gasteiger partial charge on any atom is -0.490 e. The molecule has 0 amide bonds. The maximum atomic E-state index is 11.6. The predicted molar refractivity (Wildman–Crippen MR) is 182 cm³/mol. The number of anilines is 2. The first-order chi connectivity index (χ1) is 22.5. The Balaban J connectivity index is 1.63. The normalized spacial score (nSPS) is 15.5. The van der Waals surface area contributed by atoms with E-state index in [4.69, 9.17) is 28.4 Å². The van der Waals surface area contributed by atoms with Crippen LogP contribution in [0.1, 0.15) is 28.4 Å². The molecule has 3 aromatic rings. The van der Waals surface area contributed by atoms with E-state index in [1.807, 2.05) is 31.2 Å². The van der Waals surface area contributed by atoms with Crippen molar-refractivity contribution in [2.75, 3.05) is 95.9 Å². The van der Waals surface area contributed by atoms with Crippen LogP contribution in [-0.4, -0.2) is 98.6 Å². The average Bonchev–Trinajstić information content (AvgIpc) is 3.06. The lowest BCUT2D eigenvalue weighted by molar-refractivity contribution is 0.0657. The lowest BCUT2D eigenvalue weighted by atomic mass is 10.2. The zero-order valence-corrected chi connectivity index (χ0v) is 27.5. The summed E-state index contributed by atoms with van der Waals surface area (Å²) in [5, 5.41) is 0. The molecule has 0 atom stereocenters. The highest BCUT2D eigenvalue weighted by Gasteiger charge is 2.17. The lowest BCUT2D eigenvalue weighted by Crippen LogP contribution is -2.33. The summed E-state index contributed by atoms with van der Waals surface area (Å²) < 4.78 is 35.7. The molecule has 10 nitrogen and oxygen atoms in total. The number of benzene rings is 3. The first-order valence-corrected chi connectivity index (χ1v) is 15.9. The Bertz CT molecular complexity index is 1410. The fraction of sp³-hybridized carbons (Fsp3) is 0.444. The number of methoxy groups -OCH3 is 1. The topological polar surface area (TPSA) is 91.3 Å². The van der Waals surface area contributed by atoms with Crippen LogP contribution < -0.4 is 24.0 Å². The number of carbonyl (C=O) groups is 1. The Hall–Kier alpha value is -4.12. The van der Waals surface area contributed by atoms with Gasteiger partial charge in [-0.3, -0.25) is 9.79 Å². The molecule has 0 spiro atoms. The minimum atomic E-state index is 0.351. The third kappa shape index (κ3) is 10.5. The van der Waals surface area contributed by atoms with E-state index >= 15 is 0 Å². The van der Waals surface area contributed by atoms with Gasteiger partial charge in [-0.25, -0.2) is 0 Å². The highest BCUT2D eigenvalue weighted by molar-refractivity contribution is 5.78. The van der Waals surface area contributed by atoms with Crippen LogP contribution in [0.25, 0.3) is 0 Å². The molecule has 0 radical (unpaired) electrons. The number of likely N-dealkylation sites (N-methyl/N-ethyl adjacent to an activating group) is 1. The van der Waals surface area contributed by atoms with E-state index in [-0.39, 0.29) is 0 Å². The van der Waals surface area contributed by atoms with Gasteiger partial charge in [-0.05, 0) is 74.4 Å². The van der Waals surface area contributed by atoms with Crippen LogP contribution >= 0.6 is 0 Å². The van der Waals surface area contributed by atoms with Gasteiger partial charge in [-0.2, -0.15) is 0 Å². The number of rotatable bonds is 7. The molecule has 4 rings (SSSR count). The summed E-state index contributed by atoms with van der Waals surface area (Å²) in [6, 6.07) is 17.7. The van der Waals surface area contributed by atoms with Crippen molar-refractivity contribution in [2.24, 2.45) is 4.99 Å². The van der Waals surface area contributed by atoms with Crippen LogP contribution in [0.3, 0.4) is 0 Å². The largest absolute Gasteiger partial charge is 0.490 e. The van der Waals surface area contributed by atoms with E-state index in [9.17, 15) is 4.79 Å². The van der Waals surface area contributed by atoms with Crippen molar-refractivity contribution >= 4 is 29.6 Å². The van der Waals surface area contributed by atoms with Gasteiger partial charge >= 0.3 is 0 Å². The van der Waals surface area contributed by atoms with E-state index in [0.717, 1.165) is 53.3 Å². The van der Waals surface area contributed by atoms with Crippen LogP contribution in [0, 0.1) is 13.8 Å². The molecule has 0 saturated carbocycles. The Morgan fingerprint density at radius 3 is 2.28 bits per heavy atom. The number of hydrogen-bond acceptors (Lipinski definition) is 10. The van der Waals surface area contributed by atoms with Gasteiger partial charge in [0.1, 0.15) is 49.0 Å². The lowest BCUT2D eigenvalue weighted by Gasteiger charge is -2.29. The van der Waals surface area contributed by atoms with Gasteiger partial charge in [0, 0.05) is 32.0 Å². The zero-order valence-electron chi connectivity index (χ0n) is 27.5. The average molecular weight is 634 g/mol. The molecular weight excluding hydrogens is 586 g/mol. The molecule has 0 fully saturated rings. The fourth-order valence-electron chi connectivity index (χ4n) is 5.06. The second-order valence-corrected chi connectivity index (χ2v) is 10.9. The van der Waals surface area contributed by atoms with Crippen molar-refractivity contribution in [1.29, 1.82) is 0 Å². The summed E-state index contributed by atoms with van der Waals surface area (Å²) >= 11 is 0. The van der Waals surface area contributed by atoms with E-state index in [0.29, 0.717) is 83.0 Å². The van der Waals surface area contributed by atoms with E-state index < -0.39 is 0 Å². The number of ether oxygens (including phenoxy) is 6. The van der Waals surface area contributed by atoms with Crippen LogP contribution in [0.2, 0.25) is 0 Å². The Kier molecular flexibility index (Phi) is 14.2. The third-order valence-corrected chi connectivity index (χ3v) is 7.50. The van der Waals surface area contributed by atoms with Crippen molar-refractivity contribution in [3.8, 4) is 17.2 Å². The fourth-order valence-corrected chi connectivity index (χ4v) is 5.06. The molecule has 46 heavy (non-hydrogen) atoms. The maximum absolute atomic E-state index is 11.6. The molecule has 0 unspecified atom stereocenters.